The molecule has 0 saturated carbocycles. The first-order valence-corrected chi connectivity index (χ1v) is 9.83. The number of anilines is 1. The Morgan fingerprint density at radius 2 is 1.69 bits per heavy atom. The zero-order valence-corrected chi connectivity index (χ0v) is 17.0. The molecule has 158 valence electrons. The molecule has 1 aliphatic rings. The summed E-state index contributed by atoms with van der Waals surface area (Å²) in [5, 5.41) is 2.71. The van der Waals surface area contributed by atoms with Crippen molar-refractivity contribution in [3.63, 3.8) is 0 Å². The van der Waals surface area contributed by atoms with Crippen molar-refractivity contribution >= 4 is 34.5 Å². The topological polar surface area (TPSA) is 102 Å². The van der Waals surface area contributed by atoms with E-state index in [1.54, 1.807) is 49.6 Å². The van der Waals surface area contributed by atoms with Gasteiger partial charge in [0.1, 0.15) is 17.8 Å². The van der Waals surface area contributed by atoms with Gasteiger partial charge >= 0.3 is 0 Å². The van der Waals surface area contributed by atoms with E-state index < -0.39 is 17.7 Å². The van der Waals surface area contributed by atoms with Crippen molar-refractivity contribution in [3.05, 3.63) is 77.9 Å². The lowest BCUT2D eigenvalue weighted by molar-refractivity contribution is -0.116. The Labute approximate surface area is 182 Å². The number of benzene rings is 3. The lowest BCUT2D eigenvalue weighted by atomic mass is 10.1. The minimum Gasteiger partial charge on any atom is -0.497 e. The van der Waals surface area contributed by atoms with E-state index in [0.29, 0.717) is 33.8 Å². The Morgan fingerprint density at radius 3 is 2.34 bits per heavy atom. The van der Waals surface area contributed by atoms with Crippen LogP contribution in [0.5, 0.6) is 5.75 Å². The molecule has 1 aromatic heterocycles. The molecule has 2 heterocycles. The molecular weight excluding hydrogens is 410 g/mol. The van der Waals surface area contributed by atoms with Gasteiger partial charge in [-0.1, -0.05) is 12.1 Å². The molecule has 1 N–H and O–H groups in total. The van der Waals surface area contributed by atoms with Crippen LogP contribution in [0.25, 0.3) is 22.6 Å². The number of oxazole rings is 1. The number of fused-ring (bicyclic) bond motifs is 2. The maximum atomic E-state index is 12.5. The van der Waals surface area contributed by atoms with Crippen molar-refractivity contribution in [3.8, 4) is 17.2 Å². The number of rotatable bonds is 5. The summed E-state index contributed by atoms with van der Waals surface area (Å²) in [4.78, 5) is 42.8. The molecule has 4 aromatic rings. The molecule has 32 heavy (non-hydrogen) atoms. The van der Waals surface area contributed by atoms with Crippen molar-refractivity contribution in [2.75, 3.05) is 19.0 Å². The van der Waals surface area contributed by atoms with Crippen molar-refractivity contribution in [1.82, 2.24) is 9.88 Å². The molecule has 8 heteroatoms. The van der Waals surface area contributed by atoms with Gasteiger partial charge in [0.25, 0.3) is 11.8 Å². The summed E-state index contributed by atoms with van der Waals surface area (Å²) in [6, 6.07) is 18.9. The van der Waals surface area contributed by atoms with Crippen LogP contribution < -0.4 is 10.1 Å². The Morgan fingerprint density at radius 1 is 1.00 bits per heavy atom. The lowest BCUT2D eigenvalue weighted by Gasteiger charge is -2.13. The van der Waals surface area contributed by atoms with Crippen LogP contribution in [-0.2, 0) is 4.79 Å². The number of carbonyl (C=O) groups is 3. The molecule has 3 amide bonds. The molecule has 0 aliphatic carbocycles. The smallest absolute Gasteiger partial charge is 0.262 e. The van der Waals surface area contributed by atoms with E-state index in [1.165, 1.54) is 0 Å². The molecule has 5 rings (SSSR count). The summed E-state index contributed by atoms with van der Waals surface area (Å²) < 4.78 is 11.0. The van der Waals surface area contributed by atoms with Gasteiger partial charge in [-0.15, -0.1) is 0 Å². The minimum atomic E-state index is -0.488. The van der Waals surface area contributed by atoms with E-state index in [-0.39, 0.29) is 6.54 Å². The van der Waals surface area contributed by atoms with E-state index >= 15 is 0 Å². The zero-order valence-electron chi connectivity index (χ0n) is 17.0. The molecule has 0 saturated heterocycles. The molecule has 8 nitrogen and oxygen atoms in total. The average Bonchev–Trinajstić information content (AvgIpc) is 3.34. The second kappa shape index (κ2) is 7.66. The largest absolute Gasteiger partial charge is 0.497 e. The molecule has 0 radical (unpaired) electrons. The first kappa shape index (κ1) is 19.5. The number of amides is 3. The Bertz CT molecular complexity index is 1340. The average molecular weight is 427 g/mol. The van der Waals surface area contributed by atoms with Crippen LogP contribution in [0.15, 0.2) is 71.1 Å². The third kappa shape index (κ3) is 3.37. The first-order chi connectivity index (χ1) is 15.5. The molecule has 0 atom stereocenters. The van der Waals surface area contributed by atoms with E-state index in [1.807, 2.05) is 24.3 Å². The normalized spacial score (nSPS) is 12.8. The predicted molar refractivity (Wildman–Crippen MR) is 116 cm³/mol. The highest BCUT2D eigenvalue weighted by Gasteiger charge is 2.36. The maximum Gasteiger partial charge on any atom is 0.262 e. The SMILES string of the molecule is COc1ccc(-c2nc3cc(NC(=O)CN4C(=O)c5ccccc5C4=O)ccc3o2)cc1. The van der Waals surface area contributed by atoms with Crippen LogP contribution in [0.1, 0.15) is 20.7 Å². The molecular formula is C24H17N3O5. The molecule has 3 aromatic carbocycles. The van der Waals surface area contributed by atoms with Gasteiger partial charge in [0.15, 0.2) is 5.58 Å². The Hall–Kier alpha value is -4.46. The number of hydrogen-bond acceptors (Lipinski definition) is 6. The summed E-state index contributed by atoms with van der Waals surface area (Å²) in [5.74, 6) is -0.267. The zero-order chi connectivity index (χ0) is 22.2. The van der Waals surface area contributed by atoms with Crippen molar-refractivity contribution in [2.24, 2.45) is 0 Å². The third-order valence-corrected chi connectivity index (χ3v) is 5.19. The van der Waals surface area contributed by atoms with Gasteiger partial charge in [0.05, 0.1) is 18.2 Å². The van der Waals surface area contributed by atoms with Gasteiger partial charge in [0.2, 0.25) is 11.8 Å². The molecule has 1 aliphatic heterocycles. The third-order valence-electron chi connectivity index (χ3n) is 5.19. The molecule has 0 bridgehead atoms. The minimum absolute atomic E-state index is 0.306. The number of imide groups is 1. The van der Waals surface area contributed by atoms with Gasteiger partial charge in [-0.3, -0.25) is 19.3 Å². The second-order valence-electron chi connectivity index (χ2n) is 7.22. The first-order valence-electron chi connectivity index (χ1n) is 9.83. The van der Waals surface area contributed by atoms with Gasteiger partial charge < -0.3 is 14.5 Å². The quantitative estimate of drug-likeness (QED) is 0.487. The number of methoxy groups -OCH3 is 1. The van der Waals surface area contributed by atoms with Crippen molar-refractivity contribution in [1.29, 1.82) is 0 Å². The Balaban J connectivity index is 1.31. The Kier molecular flexibility index (Phi) is 4.67. The van der Waals surface area contributed by atoms with E-state index in [0.717, 1.165) is 16.2 Å². The predicted octanol–water partition coefficient (Wildman–Crippen LogP) is 3.74. The number of nitrogens with one attached hydrogen (secondary N) is 1. The van der Waals surface area contributed by atoms with E-state index in [2.05, 4.69) is 10.3 Å². The van der Waals surface area contributed by atoms with Crippen LogP contribution >= 0.6 is 0 Å². The van der Waals surface area contributed by atoms with Crippen LogP contribution in [0, 0.1) is 0 Å². The summed E-state index contributed by atoms with van der Waals surface area (Å²) in [5.41, 5.74) is 3.01. The summed E-state index contributed by atoms with van der Waals surface area (Å²) in [6.45, 7) is -0.375. The van der Waals surface area contributed by atoms with Crippen molar-refractivity contribution in [2.45, 2.75) is 0 Å². The fourth-order valence-corrected chi connectivity index (χ4v) is 3.59. The van der Waals surface area contributed by atoms with Crippen LogP contribution in [0.2, 0.25) is 0 Å². The van der Waals surface area contributed by atoms with E-state index in [9.17, 15) is 14.4 Å². The van der Waals surface area contributed by atoms with Gasteiger partial charge in [-0.05, 0) is 54.6 Å². The van der Waals surface area contributed by atoms with Crippen LogP contribution in [0.4, 0.5) is 5.69 Å². The number of nitrogens with zero attached hydrogens (tertiary/aromatic N) is 2. The highest BCUT2D eigenvalue weighted by atomic mass is 16.5. The monoisotopic (exact) mass is 427 g/mol. The fraction of sp³-hybridized carbons (Fsp3) is 0.0833. The number of hydrogen-bond donors (Lipinski definition) is 1. The molecule has 0 unspecified atom stereocenters. The highest BCUT2D eigenvalue weighted by molar-refractivity contribution is 6.22. The fourth-order valence-electron chi connectivity index (χ4n) is 3.59. The summed E-state index contributed by atoms with van der Waals surface area (Å²) in [6.07, 6.45) is 0. The van der Waals surface area contributed by atoms with Crippen molar-refractivity contribution < 1.29 is 23.5 Å². The lowest BCUT2D eigenvalue weighted by Crippen LogP contribution is -2.37. The summed E-state index contributed by atoms with van der Waals surface area (Å²) in [7, 11) is 1.60. The van der Waals surface area contributed by atoms with Crippen LogP contribution in [-0.4, -0.2) is 41.3 Å². The number of carbonyl (C=O) groups excluding carboxylic acids is 3. The number of ether oxygens (including phenoxy) is 1. The van der Waals surface area contributed by atoms with Gasteiger partial charge in [-0.25, -0.2) is 4.98 Å². The highest BCUT2D eigenvalue weighted by Crippen LogP contribution is 2.28. The second-order valence-corrected chi connectivity index (χ2v) is 7.22. The van der Waals surface area contributed by atoms with Gasteiger partial charge in [0, 0.05) is 11.3 Å². The van der Waals surface area contributed by atoms with Gasteiger partial charge in [-0.2, -0.15) is 0 Å². The van der Waals surface area contributed by atoms with Crippen LogP contribution in [0.3, 0.4) is 0 Å². The van der Waals surface area contributed by atoms with E-state index in [4.69, 9.17) is 9.15 Å². The number of aromatic nitrogens is 1. The molecule has 0 fully saturated rings. The standard InChI is InChI=1S/C24H17N3O5/c1-31-16-9-6-14(7-10-16)22-26-19-12-15(8-11-20(19)32-22)25-21(28)13-27-23(29)17-4-2-3-5-18(17)24(27)30/h2-12H,13H2,1H3,(H,25,28). The molecule has 0 spiro atoms. The summed E-state index contributed by atoms with van der Waals surface area (Å²) >= 11 is 0. The maximum absolute atomic E-state index is 12.5.